The van der Waals surface area contributed by atoms with Gasteiger partial charge >= 0.3 is 0 Å². The van der Waals surface area contributed by atoms with Crippen molar-refractivity contribution in [3.63, 3.8) is 0 Å². The van der Waals surface area contributed by atoms with Crippen LogP contribution in [0.2, 0.25) is 0 Å². The van der Waals surface area contributed by atoms with Crippen LogP contribution in [0.25, 0.3) is 0 Å². The van der Waals surface area contributed by atoms with E-state index in [1.54, 1.807) is 12.1 Å². The third-order valence-electron chi connectivity index (χ3n) is 2.58. The van der Waals surface area contributed by atoms with Crippen LogP contribution in [0.3, 0.4) is 0 Å². The minimum absolute atomic E-state index is 0.159. The van der Waals surface area contributed by atoms with Gasteiger partial charge in [0.15, 0.2) is 0 Å². The lowest BCUT2D eigenvalue weighted by molar-refractivity contribution is 0.403. The molecule has 0 bridgehead atoms. The zero-order valence-electron chi connectivity index (χ0n) is 10.0. The van der Waals surface area contributed by atoms with Gasteiger partial charge in [-0.05, 0) is 38.0 Å². The maximum Gasteiger partial charge on any atom is 0.123 e. The van der Waals surface area contributed by atoms with Gasteiger partial charge in [0.2, 0.25) is 0 Å². The highest BCUT2D eigenvalue weighted by molar-refractivity contribution is 5.21. The first-order valence-electron chi connectivity index (χ1n) is 5.49. The molecule has 0 spiro atoms. The van der Waals surface area contributed by atoms with Crippen LogP contribution < -0.4 is 5.32 Å². The normalized spacial score (nSPS) is 13.2. The standard InChI is InChI=1S/C14H18FN/c1-5-13(16-14(3,4)6-2)11-7-9-12(15)10-8-11/h2,7-10,13,16H,5H2,1,3-4H3. The number of hydrogen-bond donors (Lipinski definition) is 1. The molecule has 1 nitrogen and oxygen atoms in total. The van der Waals surface area contributed by atoms with E-state index in [0.717, 1.165) is 12.0 Å². The Balaban J connectivity index is 2.84. The summed E-state index contributed by atoms with van der Waals surface area (Å²) in [6.45, 7) is 5.99. The van der Waals surface area contributed by atoms with Crippen molar-refractivity contribution in [3.05, 3.63) is 35.6 Å². The highest BCUT2D eigenvalue weighted by Crippen LogP contribution is 2.20. The second kappa shape index (κ2) is 5.14. The quantitative estimate of drug-likeness (QED) is 0.766. The van der Waals surface area contributed by atoms with E-state index in [1.807, 2.05) is 13.8 Å². The zero-order valence-corrected chi connectivity index (χ0v) is 10.0. The topological polar surface area (TPSA) is 12.0 Å². The van der Waals surface area contributed by atoms with Gasteiger partial charge in [-0.25, -0.2) is 4.39 Å². The van der Waals surface area contributed by atoms with Crippen molar-refractivity contribution < 1.29 is 4.39 Å². The lowest BCUT2D eigenvalue weighted by Crippen LogP contribution is -2.40. The maximum absolute atomic E-state index is 12.8. The van der Waals surface area contributed by atoms with E-state index >= 15 is 0 Å². The van der Waals surface area contributed by atoms with Crippen LogP contribution in [-0.2, 0) is 0 Å². The molecule has 0 heterocycles. The minimum atomic E-state index is -0.352. The summed E-state index contributed by atoms with van der Waals surface area (Å²) in [6, 6.07) is 6.70. The molecule has 1 N–H and O–H groups in total. The van der Waals surface area contributed by atoms with Crippen LogP contribution in [0.4, 0.5) is 4.39 Å². The van der Waals surface area contributed by atoms with Crippen molar-refractivity contribution in [1.82, 2.24) is 5.32 Å². The van der Waals surface area contributed by atoms with Crippen LogP contribution in [0.15, 0.2) is 24.3 Å². The van der Waals surface area contributed by atoms with Gasteiger partial charge in [-0.1, -0.05) is 25.0 Å². The lowest BCUT2D eigenvalue weighted by atomic mass is 9.99. The Hall–Kier alpha value is -1.33. The second-order valence-electron chi connectivity index (χ2n) is 4.43. The number of rotatable bonds is 4. The Bertz CT molecular complexity index is 373. The van der Waals surface area contributed by atoms with E-state index in [4.69, 9.17) is 6.42 Å². The molecule has 0 aliphatic carbocycles. The van der Waals surface area contributed by atoms with Crippen molar-refractivity contribution in [2.24, 2.45) is 0 Å². The molecule has 2 heteroatoms. The zero-order chi connectivity index (χ0) is 12.2. The number of nitrogens with one attached hydrogen (secondary N) is 1. The first-order valence-corrected chi connectivity index (χ1v) is 5.49. The third kappa shape index (κ3) is 3.36. The van der Waals surface area contributed by atoms with Crippen molar-refractivity contribution in [3.8, 4) is 12.3 Å². The Kier molecular flexibility index (Phi) is 4.09. The first kappa shape index (κ1) is 12.7. The predicted molar refractivity (Wildman–Crippen MR) is 65.5 cm³/mol. The van der Waals surface area contributed by atoms with E-state index in [9.17, 15) is 4.39 Å². The van der Waals surface area contributed by atoms with Crippen LogP contribution in [0, 0.1) is 18.2 Å². The number of benzene rings is 1. The Morgan fingerprint density at radius 2 is 1.94 bits per heavy atom. The van der Waals surface area contributed by atoms with E-state index < -0.39 is 0 Å². The molecule has 0 aliphatic rings. The van der Waals surface area contributed by atoms with Crippen LogP contribution >= 0.6 is 0 Å². The third-order valence-corrected chi connectivity index (χ3v) is 2.58. The molecule has 0 amide bonds. The van der Waals surface area contributed by atoms with E-state index in [1.165, 1.54) is 12.1 Å². The molecular weight excluding hydrogens is 201 g/mol. The van der Waals surface area contributed by atoms with E-state index in [0.29, 0.717) is 0 Å². The fourth-order valence-electron chi connectivity index (χ4n) is 1.59. The number of terminal acetylenes is 1. The SMILES string of the molecule is C#CC(C)(C)NC(CC)c1ccc(F)cc1. The maximum atomic E-state index is 12.8. The van der Waals surface area contributed by atoms with Crippen molar-refractivity contribution in [1.29, 1.82) is 0 Å². The molecule has 1 rings (SSSR count). The highest BCUT2D eigenvalue weighted by atomic mass is 19.1. The summed E-state index contributed by atoms with van der Waals surface area (Å²) in [7, 11) is 0. The van der Waals surface area contributed by atoms with Gasteiger partial charge in [0, 0.05) is 6.04 Å². The molecule has 0 saturated carbocycles. The second-order valence-corrected chi connectivity index (χ2v) is 4.43. The van der Waals surface area contributed by atoms with Gasteiger partial charge in [-0.15, -0.1) is 6.42 Å². The molecule has 86 valence electrons. The number of halogens is 1. The van der Waals surface area contributed by atoms with Gasteiger partial charge in [0.05, 0.1) is 5.54 Å². The molecule has 0 fully saturated rings. The molecule has 16 heavy (non-hydrogen) atoms. The average Bonchev–Trinajstić information content (AvgIpc) is 2.27. The molecule has 1 atom stereocenters. The van der Waals surface area contributed by atoms with Gasteiger partial charge in [-0.2, -0.15) is 0 Å². The molecule has 0 radical (unpaired) electrons. The minimum Gasteiger partial charge on any atom is -0.295 e. The van der Waals surface area contributed by atoms with Gasteiger partial charge < -0.3 is 0 Å². The Morgan fingerprint density at radius 1 is 1.38 bits per heavy atom. The van der Waals surface area contributed by atoms with Gasteiger partial charge in [-0.3, -0.25) is 5.32 Å². The van der Waals surface area contributed by atoms with E-state index in [2.05, 4.69) is 18.2 Å². The summed E-state index contributed by atoms with van der Waals surface area (Å²) < 4.78 is 12.8. The smallest absolute Gasteiger partial charge is 0.123 e. The monoisotopic (exact) mass is 219 g/mol. The molecule has 1 aromatic rings. The summed E-state index contributed by atoms with van der Waals surface area (Å²) in [6.07, 6.45) is 6.35. The molecule has 0 aromatic heterocycles. The number of hydrogen-bond acceptors (Lipinski definition) is 1. The van der Waals surface area contributed by atoms with Crippen LogP contribution in [0.5, 0.6) is 0 Å². The van der Waals surface area contributed by atoms with Crippen LogP contribution in [-0.4, -0.2) is 5.54 Å². The summed E-state index contributed by atoms with van der Waals surface area (Å²) in [5.41, 5.74) is 0.710. The first-order chi connectivity index (χ1) is 7.48. The molecule has 0 saturated heterocycles. The molecule has 1 unspecified atom stereocenters. The Morgan fingerprint density at radius 3 is 2.38 bits per heavy atom. The largest absolute Gasteiger partial charge is 0.295 e. The van der Waals surface area contributed by atoms with Crippen molar-refractivity contribution in [2.75, 3.05) is 0 Å². The van der Waals surface area contributed by atoms with Crippen LogP contribution in [0.1, 0.15) is 38.8 Å². The van der Waals surface area contributed by atoms with Gasteiger partial charge in [0.25, 0.3) is 0 Å². The summed E-state index contributed by atoms with van der Waals surface area (Å²) in [5, 5.41) is 3.37. The van der Waals surface area contributed by atoms with E-state index in [-0.39, 0.29) is 17.4 Å². The average molecular weight is 219 g/mol. The summed E-state index contributed by atoms with van der Waals surface area (Å²) in [4.78, 5) is 0. The molecular formula is C14H18FN. The van der Waals surface area contributed by atoms with Crippen molar-refractivity contribution >= 4 is 0 Å². The predicted octanol–water partition coefficient (Wildman–Crippen LogP) is 3.28. The molecule has 0 aliphatic heterocycles. The fraction of sp³-hybridized carbons (Fsp3) is 0.429. The van der Waals surface area contributed by atoms with Gasteiger partial charge in [0.1, 0.15) is 5.82 Å². The summed E-state index contributed by atoms with van der Waals surface area (Å²) >= 11 is 0. The van der Waals surface area contributed by atoms with Crippen molar-refractivity contribution in [2.45, 2.75) is 38.8 Å². The fourth-order valence-corrected chi connectivity index (χ4v) is 1.59. The summed E-state index contributed by atoms with van der Waals surface area (Å²) in [5.74, 6) is 2.49. The molecule has 1 aromatic carbocycles. The Labute approximate surface area is 97.1 Å². The highest BCUT2D eigenvalue weighted by Gasteiger charge is 2.19. The lowest BCUT2D eigenvalue weighted by Gasteiger charge is -2.27.